The lowest BCUT2D eigenvalue weighted by molar-refractivity contribution is -0.114. The van der Waals surface area contributed by atoms with E-state index in [1.54, 1.807) is 6.42 Å². The minimum absolute atomic E-state index is 0.00484. The van der Waals surface area contributed by atoms with Crippen LogP contribution in [0.3, 0.4) is 0 Å². The molecule has 0 rings (SSSR count). The molecule has 141 valence electrons. The predicted molar refractivity (Wildman–Crippen MR) is 107 cm³/mol. The lowest BCUT2D eigenvalue weighted by atomic mass is 9.91. The Balaban J connectivity index is 3.65. The summed E-state index contributed by atoms with van der Waals surface area (Å²) in [6.07, 6.45) is 15.4. The first-order valence-corrected chi connectivity index (χ1v) is 10.1. The van der Waals surface area contributed by atoms with Gasteiger partial charge in [0.05, 0.1) is 13.0 Å². The minimum Gasteiger partial charge on any atom is -0.324 e. The number of hydrogen-bond acceptors (Lipinski definition) is 2. The summed E-state index contributed by atoms with van der Waals surface area (Å²) in [7, 11) is 0. The van der Waals surface area contributed by atoms with Crippen molar-refractivity contribution in [2.24, 2.45) is 23.5 Å². The summed E-state index contributed by atoms with van der Waals surface area (Å²) < 4.78 is 0. The highest BCUT2D eigenvalue weighted by Gasteiger charge is 2.06. The number of allylic oxidation sites excluding steroid dienone is 2. The second kappa shape index (κ2) is 14.7. The van der Waals surface area contributed by atoms with Gasteiger partial charge in [-0.1, -0.05) is 84.3 Å². The fraction of sp³-hybridized carbons (Fsp3) is 0.818. The van der Waals surface area contributed by atoms with E-state index in [4.69, 9.17) is 5.73 Å². The zero-order valence-electron chi connectivity index (χ0n) is 16.9. The number of carbonyl (C=O) groups is 1. The maximum atomic E-state index is 11.1. The zero-order chi connectivity index (χ0) is 18.4. The van der Waals surface area contributed by atoms with Crippen molar-refractivity contribution in [3.63, 3.8) is 0 Å². The number of nitrogens with two attached hydrogens (primary N) is 1. The van der Waals surface area contributed by atoms with Gasteiger partial charge in [-0.2, -0.15) is 0 Å². The Morgan fingerprint density at radius 2 is 1.38 bits per heavy atom. The van der Waals surface area contributed by atoms with Crippen LogP contribution in [-0.2, 0) is 4.79 Å². The van der Waals surface area contributed by atoms with Crippen molar-refractivity contribution in [3.8, 4) is 0 Å². The third-order valence-corrected chi connectivity index (χ3v) is 4.90. The number of Topliss-reactive ketones (excluding diaryl/α,β-unsaturated/α-hetero) is 1. The largest absolute Gasteiger partial charge is 0.324 e. The van der Waals surface area contributed by atoms with Crippen LogP contribution in [0.25, 0.3) is 0 Å². The molecule has 2 unspecified atom stereocenters. The zero-order valence-corrected chi connectivity index (χ0v) is 16.9. The third-order valence-electron chi connectivity index (χ3n) is 4.90. The molecule has 0 aromatic carbocycles. The Labute approximate surface area is 151 Å². The molecule has 0 saturated carbocycles. The van der Waals surface area contributed by atoms with Crippen molar-refractivity contribution >= 4 is 5.78 Å². The Bertz CT molecular complexity index is 346. The first kappa shape index (κ1) is 23.4. The highest BCUT2D eigenvalue weighted by Crippen LogP contribution is 2.22. The number of hydrogen-bond donors (Lipinski definition) is 1. The lowest BCUT2D eigenvalue weighted by Gasteiger charge is -2.15. The van der Waals surface area contributed by atoms with E-state index in [1.807, 2.05) is 6.08 Å². The summed E-state index contributed by atoms with van der Waals surface area (Å²) >= 11 is 0. The van der Waals surface area contributed by atoms with Crippen LogP contribution in [0.15, 0.2) is 11.6 Å². The van der Waals surface area contributed by atoms with Crippen LogP contribution in [-0.4, -0.2) is 12.3 Å². The minimum atomic E-state index is 0.00484. The maximum Gasteiger partial charge on any atom is 0.154 e. The first-order chi connectivity index (χ1) is 11.3. The summed E-state index contributed by atoms with van der Waals surface area (Å²) in [5, 5.41) is 0. The maximum absolute atomic E-state index is 11.1. The molecule has 2 heteroatoms. The number of ketones is 1. The van der Waals surface area contributed by atoms with Crippen LogP contribution in [0.1, 0.15) is 92.4 Å². The second-order valence-electron chi connectivity index (χ2n) is 8.21. The lowest BCUT2D eigenvalue weighted by Crippen LogP contribution is -2.12. The molecule has 0 bridgehead atoms. The van der Waals surface area contributed by atoms with E-state index in [-0.39, 0.29) is 12.3 Å². The molecular formula is C22H42NO. The second-order valence-corrected chi connectivity index (χ2v) is 8.21. The summed E-state index contributed by atoms with van der Waals surface area (Å²) in [5.74, 6) is 2.55. The van der Waals surface area contributed by atoms with Crippen LogP contribution in [0.2, 0.25) is 0 Å². The van der Waals surface area contributed by atoms with Gasteiger partial charge in [0.25, 0.3) is 0 Å². The first-order valence-electron chi connectivity index (χ1n) is 10.1. The molecule has 2 nitrogen and oxygen atoms in total. The number of rotatable bonds is 15. The molecule has 0 aliphatic heterocycles. The van der Waals surface area contributed by atoms with Gasteiger partial charge in [-0.25, -0.2) is 0 Å². The van der Waals surface area contributed by atoms with E-state index >= 15 is 0 Å². The highest BCUT2D eigenvalue weighted by atomic mass is 16.1. The molecule has 0 aromatic heterocycles. The molecule has 0 spiro atoms. The molecule has 1 radical (unpaired) electrons. The summed E-state index contributed by atoms with van der Waals surface area (Å²) in [6.45, 7) is 11.6. The molecule has 0 saturated heterocycles. The van der Waals surface area contributed by atoms with Gasteiger partial charge in [0.15, 0.2) is 5.78 Å². The molecule has 0 amide bonds. The monoisotopic (exact) mass is 336 g/mol. The van der Waals surface area contributed by atoms with E-state index in [0.717, 1.165) is 24.2 Å². The molecular weight excluding hydrogens is 294 g/mol. The van der Waals surface area contributed by atoms with Gasteiger partial charge in [-0.15, -0.1) is 0 Å². The van der Waals surface area contributed by atoms with Gasteiger partial charge in [-0.3, -0.25) is 4.79 Å². The molecule has 0 aromatic rings. The van der Waals surface area contributed by atoms with E-state index < -0.39 is 0 Å². The Morgan fingerprint density at radius 3 is 1.88 bits per heavy atom. The van der Waals surface area contributed by atoms with Crippen molar-refractivity contribution in [3.05, 3.63) is 18.1 Å². The van der Waals surface area contributed by atoms with Gasteiger partial charge in [0.1, 0.15) is 0 Å². The molecule has 0 heterocycles. The third kappa shape index (κ3) is 14.9. The van der Waals surface area contributed by atoms with E-state index in [0.29, 0.717) is 0 Å². The van der Waals surface area contributed by atoms with E-state index in [1.165, 1.54) is 56.9 Å². The average molecular weight is 337 g/mol. The van der Waals surface area contributed by atoms with Crippen molar-refractivity contribution in [2.75, 3.05) is 6.54 Å². The fourth-order valence-corrected chi connectivity index (χ4v) is 3.09. The smallest absolute Gasteiger partial charge is 0.154 e. The summed E-state index contributed by atoms with van der Waals surface area (Å²) in [4.78, 5) is 11.1. The normalized spacial score (nSPS) is 14.9. The van der Waals surface area contributed by atoms with Gasteiger partial charge >= 0.3 is 0 Å². The Morgan fingerprint density at radius 1 is 0.875 bits per heavy atom. The van der Waals surface area contributed by atoms with Gasteiger partial charge in [0.2, 0.25) is 0 Å². The van der Waals surface area contributed by atoms with Crippen LogP contribution in [0.4, 0.5) is 0 Å². The fourth-order valence-electron chi connectivity index (χ4n) is 3.09. The van der Waals surface area contributed by atoms with Crippen LogP contribution in [0, 0.1) is 24.2 Å². The molecule has 0 fully saturated rings. The van der Waals surface area contributed by atoms with Crippen LogP contribution < -0.4 is 5.73 Å². The van der Waals surface area contributed by atoms with Crippen LogP contribution in [0.5, 0.6) is 0 Å². The average Bonchev–Trinajstić information content (AvgIpc) is 2.52. The van der Waals surface area contributed by atoms with Gasteiger partial charge in [-0.05, 0) is 37.5 Å². The molecule has 2 N–H and O–H groups in total. The molecule has 0 aliphatic rings. The Hall–Kier alpha value is -0.630. The molecule has 24 heavy (non-hydrogen) atoms. The SMILES string of the molecule is CC(=C[CH]C(=O)CN)CCCC(C)CCCC(C)CCCC(C)C. The number of carbonyl (C=O) groups excluding carboxylic acids is 1. The Kier molecular flexibility index (Phi) is 14.3. The standard InChI is InChI=1S/C22H42NO/c1-18(2)9-6-10-19(3)11-7-12-20(4)13-8-14-21(5)15-16-22(24)17-23/h15-16,18-20H,6-14,17,23H2,1-5H3. The molecule has 0 aliphatic carbocycles. The van der Waals surface area contributed by atoms with E-state index in [9.17, 15) is 4.79 Å². The quantitative estimate of drug-likeness (QED) is 0.392. The topological polar surface area (TPSA) is 43.1 Å². The highest BCUT2D eigenvalue weighted by molar-refractivity contribution is 5.90. The summed E-state index contributed by atoms with van der Waals surface area (Å²) in [5.41, 5.74) is 6.58. The summed E-state index contributed by atoms with van der Waals surface area (Å²) in [6, 6.07) is 0. The van der Waals surface area contributed by atoms with Crippen molar-refractivity contribution in [2.45, 2.75) is 92.4 Å². The predicted octanol–water partition coefficient (Wildman–Crippen LogP) is 6.10. The molecule has 2 atom stereocenters. The van der Waals surface area contributed by atoms with Crippen molar-refractivity contribution in [1.29, 1.82) is 0 Å². The van der Waals surface area contributed by atoms with Crippen LogP contribution >= 0.6 is 0 Å². The van der Waals surface area contributed by atoms with Crippen molar-refractivity contribution in [1.82, 2.24) is 0 Å². The van der Waals surface area contributed by atoms with Gasteiger partial charge in [0, 0.05) is 0 Å². The van der Waals surface area contributed by atoms with Crippen molar-refractivity contribution < 1.29 is 4.79 Å². The van der Waals surface area contributed by atoms with Gasteiger partial charge < -0.3 is 5.73 Å². The van der Waals surface area contributed by atoms with E-state index in [2.05, 4.69) is 34.6 Å².